The van der Waals surface area contributed by atoms with Gasteiger partial charge in [0.15, 0.2) is 5.13 Å². The number of carbonyl (C=O) groups excluding carboxylic acids is 2. The number of thiophene rings is 1. The molecule has 0 spiro atoms. The van der Waals surface area contributed by atoms with Crippen LogP contribution in [0.1, 0.15) is 27.9 Å². The Morgan fingerprint density at radius 2 is 1.90 bits per heavy atom. The third-order valence-electron chi connectivity index (χ3n) is 4.55. The summed E-state index contributed by atoms with van der Waals surface area (Å²) >= 11 is 2.49. The number of benzene rings is 1. The summed E-state index contributed by atoms with van der Waals surface area (Å²) in [5.74, 6) is -0.704. The summed E-state index contributed by atoms with van der Waals surface area (Å²) in [5.41, 5.74) is 10.2. The second-order valence-corrected chi connectivity index (χ2v) is 8.70. The van der Waals surface area contributed by atoms with E-state index in [0.29, 0.717) is 32.8 Å². The minimum absolute atomic E-state index is 0.0664. The van der Waals surface area contributed by atoms with Crippen LogP contribution >= 0.6 is 22.7 Å². The smallest absolute Gasteiger partial charge is 0.311 e. The number of ether oxygens (including phenoxy) is 1. The minimum atomic E-state index is -0.352. The maximum atomic E-state index is 12.8. The zero-order chi connectivity index (χ0) is 22.0. The number of nitrogens with zero attached hydrogens (tertiary/aromatic N) is 2. The van der Waals surface area contributed by atoms with Crippen molar-refractivity contribution < 1.29 is 14.3 Å². The number of hydrogen-bond donors (Lipinski definition) is 2. The summed E-state index contributed by atoms with van der Waals surface area (Å²) in [5, 5.41) is 5.62. The number of hydrogen-bond acceptors (Lipinski definition) is 8. The van der Waals surface area contributed by atoms with Gasteiger partial charge in [-0.1, -0.05) is 29.8 Å². The molecule has 0 aliphatic carbocycles. The Hall–Kier alpha value is -3.30. The van der Waals surface area contributed by atoms with Gasteiger partial charge in [0, 0.05) is 16.3 Å². The van der Waals surface area contributed by atoms with Crippen LogP contribution < -0.4 is 11.1 Å². The molecule has 4 aromatic rings. The molecule has 9 heteroatoms. The number of rotatable bonds is 6. The van der Waals surface area contributed by atoms with E-state index in [9.17, 15) is 9.59 Å². The SMILES string of the molecule is CCOC(=O)Cc1csc(NC(=O)c2sc3nc(-c4ccc(C)cc4)ccc3c2N)n1. The third-order valence-corrected chi connectivity index (χ3v) is 6.47. The highest BCUT2D eigenvalue weighted by Gasteiger charge is 2.19. The summed E-state index contributed by atoms with van der Waals surface area (Å²) < 4.78 is 4.92. The van der Waals surface area contributed by atoms with Crippen molar-refractivity contribution in [1.82, 2.24) is 9.97 Å². The maximum absolute atomic E-state index is 12.8. The number of fused-ring (bicyclic) bond motifs is 1. The standard InChI is InChI=1S/C22H20N4O3S2/c1-3-29-17(27)10-14-11-30-22(24-14)26-20(28)19-18(23)15-8-9-16(25-21(15)31-19)13-6-4-12(2)5-7-13/h4-9,11H,3,10,23H2,1-2H3,(H,24,26,28). The van der Waals surface area contributed by atoms with E-state index in [1.807, 2.05) is 43.3 Å². The van der Waals surface area contributed by atoms with Gasteiger partial charge in [-0.05, 0) is 26.0 Å². The number of aromatic nitrogens is 2. The molecule has 31 heavy (non-hydrogen) atoms. The van der Waals surface area contributed by atoms with Gasteiger partial charge in [0.05, 0.1) is 30.1 Å². The second-order valence-electron chi connectivity index (χ2n) is 6.84. The van der Waals surface area contributed by atoms with Gasteiger partial charge in [-0.2, -0.15) is 0 Å². The number of nitrogens with one attached hydrogen (secondary N) is 1. The molecular formula is C22H20N4O3S2. The lowest BCUT2D eigenvalue weighted by Gasteiger charge is -2.02. The van der Waals surface area contributed by atoms with Crippen LogP contribution in [0.2, 0.25) is 0 Å². The lowest BCUT2D eigenvalue weighted by Crippen LogP contribution is -2.12. The minimum Gasteiger partial charge on any atom is -0.466 e. The fourth-order valence-corrected chi connectivity index (χ4v) is 4.70. The molecule has 0 bridgehead atoms. The fourth-order valence-electron chi connectivity index (χ4n) is 3.01. The van der Waals surface area contributed by atoms with E-state index in [0.717, 1.165) is 16.6 Å². The van der Waals surface area contributed by atoms with Gasteiger partial charge in [0.1, 0.15) is 9.71 Å². The summed E-state index contributed by atoms with van der Waals surface area (Å²) in [4.78, 5) is 34.4. The number of anilines is 2. The molecular weight excluding hydrogens is 432 g/mol. The largest absolute Gasteiger partial charge is 0.466 e. The second kappa shape index (κ2) is 8.83. The Morgan fingerprint density at radius 1 is 1.13 bits per heavy atom. The molecule has 0 saturated heterocycles. The molecule has 1 amide bonds. The Kier molecular flexibility index (Phi) is 5.97. The molecule has 158 valence electrons. The molecule has 4 rings (SSSR count). The molecule has 1 aromatic carbocycles. The van der Waals surface area contributed by atoms with Crippen molar-refractivity contribution in [3.05, 3.63) is 57.9 Å². The van der Waals surface area contributed by atoms with Gasteiger partial charge in [0.25, 0.3) is 5.91 Å². The lowest BCUT2D eigenvalue weighted by molar-refractivity contribution is -0.142. The van der Waals surface area contributed by atoms with Crippen molar-refractivity contribution in [3.63, 3.8) is 0 Å². The Balaban J connectivity index is 1.54. The van der Waals surface area contributed by atoms with Crippen LogP contribution in [-0.2, 0) is 16.0 Å². The number of thiazole rings is 1. The van der Waals surface area contributed by atoms with E-state index in [4.69, 9.17) is 15.5 Å². The van der Waals surface area contributed by atoms with Crippen LogP contribution in [0.5, 0.6) is 0 Å². The molecule has 0 aliphatic heterocycles. The number of esters is 1. The molecule has 3 heterocycles. The molecule has 7 nitrogen and oxygen atoms in total. The summed E-state index contributed by atoms with van der Waals surface area (Å²) in [6.45, 7) is 4.10. The Labute approximate surface area is 186 Å². The van der Waals surface area contributed by atoms with Crippen LogP contribution in [0.15, 0.2) is 41.8 Å². The first-order valence-electron chi connectivity index (χ1n) is 9.62. The van der Waals surface area contributed by atoms with Crippen molar-refractivity contribution in [2.75, 3.05) is 17.7 Å². The van der Waals surface area contributed by atoms with Gasteiger partial charge in [-0.25, -0.2) is 9.97 Å². The summed E-state index contributed by atoms with van der Waals surface area (Å²) in [7, 11) is 0. The van der Waals surface area contributed by atoms with E-state index in [1.54, 1.807) is 12.3 Å². The zero-order valence-corrected chi connectivity index (χ0v) is 18.6. The highest BCUT2D eigenvalue weighted by Crippen LogP contribution is 2.35. The van der Waals surface area contributed by atoms with Gasteiger partial charge in [-0.3, -0.25) is 14.9 Å². The van der Waals surface area contributed by atoms with Crippen LogP contribution in [0.25, 0.3) is 21.5 Å². The van der Waals surface area contributed by atoms with E-state index in [-0.39, 0.29) is 18.3 Å². The predicted octanol–water partition coefficient (Wildman–Crippen LogP) is 4.67. The van der Waals surface area contributed by atoms with Gasteiger partial charge in [-0.15, -0.1) is 22.7 Å². The molecule has 0 aliphatic rings. The van der Waals surface area contributed by atoms with E-state index in [1.165, 1.54) is 28.2 Å². The van der Waals surface area contributed by atoms with E-state index >= 15 is 0 Å². The van der Waals surface area contributed by atoms with Crippen LogP contribution in [-0.4, -0.2) is 28.5 Å². The monoisotopic (exact) mass is 452 g/mol. The molecule has 0 atom stereocenters. The summed E-state index contributed by atoms with van der Waals surface area (Å²) in [6, 6.07) is 11.9. The lowest BCUT2D eigenvalue weighted by atomic mass is 10.1. The highest BCUT2D eigenvalue weighted by molar-refractivity contribution is 7.21. The first-order valence-corrected chi connectivity index (χ1v) is 11.3. The van der Waals surface area contributed by atoms with Crippen LogP contribution in [0.3, 0.4) is 0 Å². The number of nitrogen functional groups attached to an aromatic ring is 1. The van der Waals surface area contributed by atoms with Crippen molar-refractivity contribution in [2.24, 2.45) is 0 Å². The number of aryl methyl sites for hydroxylation is 1. The van der Waals surface area contributed by atoms with Crippen molar-refractivity contribution in [2.45, 2.75) is 20.3 Å². The first-order chi connectivity index (χ1) is 14.9. The molecule has 3 N–H and O–H groups in total. The van der Waals surface area contributed by atoms with Gasteiger partial charge >= 0.3 is 5.97 Å². The Bertz CT molecular complexity index is 1260. The quantitative estimate of drug-likeness (QED) is 0.412. The number of carbonyl (C=O) groups is 2. The average molecular weight is 453 g/mol. The number of amides is 1. The molecule has 0 unspecified atom stereocenters. The fraction of sp³-hybridized carbons (Fsp3) is 0.182. The number of pyridine rings is 1. The molecule has 0 fully saturated rings. The molecule has 0 saturated carbocycles. The molecule has 3 aromatic heterocycles. The van der Waals surface area contributed by atoms with Crippen LogP contribution in [0, 0.1) is 6.92 Å². The number of nitrogens with two attached hydrogens (primary N) is 1. The first kappa shape index (κ1) is 21.0. The van der Waals surface area contributed by atoms with Crippen molar-refractivity contribution >= 4 is 55.6 Å². The topological polar surface area (TPSA) is 107 Å². The van der Waals surface area contributed by atoms with Crippen molar-refractivity contribution in [1.29, 1.82) is 0 Å². The van der Waals surface area contributed by atoms with E-state index in [2.05, 4.69) is 10.3 Å². The highest BCUT2D eigenvalue weighted by atomic mass is 32.1. The predicted molar refractivity (Wildman–Crippen MR) is 125 cm³/mol. The average Bonchev–Trinajstić information content (AvgIpc) is 3.32. The maximum Gasteiger partial charge on any atom is 0.311 e. The van der Waals surface area contributed by atoms with Gasteiger partial charge < -0.3 is 10.5 Å². The third kappa shape index (κ3) is 4.57. The van der Waals surface area contributed by atoms with Gasteiger partial charge in [0.2, 0.25) is 0 Å². The zero-order valence-electron chi connectivity index (χ0n) is 17.0. The van der Waals surface area contributed by atoms with E-state index < -0.39 is 0 Å². The molecule has 0 radical (unpaired) electrons. The van der Waals surface area contributed by atoms with Crippen molar-refractivity contribution in [3.8, 4) is 11.3 Å². The summed E-state index contributed by atoms with van der Waals surface area (Å²) in [6.07, 6.45) is 0.0664. The van der Waals surface area contributed by atoms with Crippen LogP contribution in [0.4, 0.5) is 10.8 Å². The normalized spacial score (nSPS) is 10.9. The Morgan fingerprint density at radius 3 is 2.65 bits per heavy atom.